The van der Waals surface area contributed by atoms with Gasteiger partial charge in [0.25, 0.3) is 0 Å². The van der Waals surface area contributed by atoms with Crippen LogP contribution in [0.25, 0.3) is 28.0 Å². The monoisotopic (exact) mass is 575 g/mol. The zero-order chi connectivity index (χ0) is 29.4. The summed E-state index contributed by atoms with van der Waals surface area (Å²) >= 11 is 6.46. The highest BCUT2D eigenvalue weighted by molar-refractivity contribution is 6.31. The van der Waals surface area contributed by atoms with Gasteiger partial charge >= 0.3 is 5.69 Å². The van der Waals surface area contributed by atoms with Crippen LogP contribution in [0, 0.1) is 0 Å². The van der Waals surface area contributed by atoms with Gasteiger partial charge in [0.2, 0.25) is 0 Å². The molecule has 41 heavy (non-hydrogen) atoms. The summed E-state index contributed by atoms with van der Waals surface area (Å²) in [5.41, 5.74) is 16.7. The molecule has 2 atom stereocenters. The van der Waals surface area contributed by atoms with Crippen molar-refractivity contribution in [1.29, 1.82) is 0 Å². The van der Waals surface area contributed by atoms with Gasteiger partial charge in [-0.1, -0.05) is 37.1 Å². The van der Waals surface area contributed by atoms with Crippen LogP contribution in [0.4, 0.5) is 0 Å². The molecule has 6 N–H and O–H groups in total. The molecule has 218 valence electrons. The lowest BCUT2D eigenvalue weighted by atomic mass is 10.0. The number of aromatic nitrogens is 3. The van der Waals surface area contributed by atoms with E-state index in [0.717, 1.165) is 79.5 Å². The molecule has 0 spiro atoms. The standard InChI is InChI=1S/C32H42ClN7O/c1-4-7-29(37-15-6-14-36-22(3)35)24-10-12-28(13-11-24)40-20-26-19-30(38-31(26)39-32(40)41)25-16-23(17-27(33)18-25)9-5-8-21(2)34/h10-13,16-21,29,37H,4-9,14-15,34H2,1-3H3,(H2,35,36)(H,38,39,41). The number of H-pyrrole nitrogens is 1. The van der Waals surface area contributed by atoms with Crippen molar-refractivity contribution in [3.05, 3.63) is 81.4 Å². The molecule has 4 aromatic rings. The van der Waals surface area contributed by atoms with E-state index >= 15 is 0 Å². The minimum Gasteiger partial charge on any atom is -0.388 e. The first kappa shape index (κ1) is 30.5. The fourth-order valence-electron chi connectivity index (χ4n) is 5.07. The molecule has 2 aromatic carbocycles. The first-order chi connectivity index (χ1) is 19.7. The predicted molar refractivity (Wildman–Crippen MR) is 171 cm³/mol. The zero-order valence-electron chi connectivity index (χ0n) is 24.3. The smallest absolute Gasteiger partial charge is 0.354 e. The van der Waals surface area contributed by atoms with E-state index in [4.69, 9.17) is 23.1 Å². The second kappa shape index (κ2) is 14.4. The van der Waals surface area contributed by atoms with E-state index in [-0.39, 0.29) is 17.8 Å². The molecule has 2 unspecified atom stereocenters. The Morgan fingerprint density at radius 1 is 1.15 bits per heavy atom. The third-order valence-corrected chi connectivity index (χ3v) is 7.36. The maximum absolute atomic E-state index is 13.0. The number of nitrogens with two attached hydrogens (primary N) is 2. The van der Waals surface area contributed by atoms with Crippen molar-refractivity contribution in [2.24, 2.45) is 16.5 Å². The summed E-state index contributed by atoms with van der Waals surface area (Å²) in [5.74, 6) is 0.617. The molecule has 0 aliphatic rings. The van der Waals surface area contributed by atoms with Gasteiger partial charge in [0, 0.05) is 40.9 Å². The highest BCUT2D eigenvalue weighted by Crippen LogP contribution is 2.28. The fourth-order valence-corrected chi connectivity index (χ4v) is 5.32. The number of fused-ring (bicyclic) bond motifs is 1. The molecule has 0 fully saturated rings. The van der Waals surface area contributed by atoms with E-state index in [0.29, 0.717) is 16.5 Å². The van der Waals surface area contributed by atoms with E-state index < -0.39 is 0 Å². The zero-order valence-corrected chi connectivity index (χ0v) is 25.0. The van der Waals surface area contributed by atoms with Crippen molar-refractivity contribution >= 4 is 28.5 Å². The average Bonchev–Trinajstić information content (AvgIpc) is 3.34. The molecule has 0 saturated heterocycles. The highest BCUT2D eigenvalue weighted by atomic mass is 35.5. The van der Waals surface area contributed by atoms with Gasteiger partial charge in [0.05, 0.1) is 11.5 Å². The van der Waals surface area contributed by atoms with Crippen molar-refractivity contribution < 1.29 is 0 Å². The topological polar surface area (TPSA) is 127 Å². The first-order valence-electron chi connectivity index (χ1n) is 14.5. The number of hydrogen-bond donors (Lipinski definition) is 4. The lowest BCUT2D eigenvalue weighted by Crippen LogP contribution is -2.23. The van der Waals surface area contributed by atoms with E-state index in [1.54, 1.807) is 4.57 Å². The average molecular weight is 576 g/mol. The minimum absolute atomic E-state index is 0.184. The Labute approximate surface area is 247 Å². The summed E-state index contributed by atoms with van der Waals surface area (Å²) in [6, 6.07) is 16.6. The molecule has 2 aromatic heterocycles. The summed E-state index contributed by atoms with van der Waals surface area (Å²) in [6.07, 6.45) is 7.73. The molecule has 9 heteroatoms. The van der Waals surface area contributed by atoms with E-state index in [2.05, 4.69) is 45.4 Å². The number of aryl methyl sites for hydroxylation is 1. The Balaban J connectivity index is 1.52. The van der Waals surface area contributed by atoms with E-state index in [1.165, 1.54) is 5.56 Å². The molecular weight excluding hydrogens is 534 g/mol. The molecule has 4 rings (SSSR count). The molecule has 0 aliphatic heterocycles. The van der Waals surface area contributed by atoms with Gasteiger partial charge in [-0.2, -0.15) is 4.98 Å². The number of nitrogens with zero attached hydrogens (tertiary/aromatic N) is 3. The lowest BCUT2D eigenvalue weighted by molar-refractivity contribution is 0.490. The van der Waals surface area contributed by atoms with Crippen LogP contribution in [0.5, 0.6) is 0 Å². The van der Waals surface area contributed by atoms with Crippen molar-refractivity contribution in [3.63, 3.8) is 0 Å². The normalized spacial score (nSPS) is 13.5. The molecule has 2 heterocycles. The van der Waals surface area contributed by atoms with Crippen LogP contribution in [0.2, 0.25) is 5.02 Å². The van der Waals surface area contributed by atoms with Gasteiger partial charge in [-0.05, 0) is 106 Å². The summed E-state index contributed by atoms with van der Waals surface area (Å²) in [4.78, 5) is 24.9. The van der Waals surface area contributed by atoms with Crippen molar-refractivity contribution in [3.8, 4) is 16.9 Å². The van der Waals surface area contributed by atoms with Crippen LogP contribution in [0.3, 0.4) is 0 Å². The third-order valence-electron chi connectivity index (χ3n) is 7.14. The number of aliphatic imine (C=N–C) groups is 1. The molecule has 0 bridgehead atoms. The van der Waals surface area contributed by atoms with Gasteiger partial charge < -0.3 is 21.8 Å². The van der Waals surface area contributed by atoms with Gasteiger partial charge in [-0.25, -0.2) is 4.79 Å². The highest BCUT2D eigenvalue weighted by Gasteiger charge is 2.13. The van der Waals surface area contributed by atoms with Crippen molar-refractivity contribution in [2.75, 3.05) is 13.1 Å². The van der Waals surface area contributed by atoms with Crippen LogP contribution in [-0.4, -0.2) is 39.5 Å². The van der Waals surface area contributed by atoms with Gasteiger partial charge in [-0.3, -0.25) is 9.56 Å². The number of amidine groups is 1. The Hall–Kier alpha value is -3.46. The summed E-state index contributed by atoms with van der Waals surface area (Å²) in [6.45, 7) is 7.60. The number of nitrogens with one attached hydrogen (secondary N) is 2. The first-order valence-corrected chi connectivity index (χ1v) is 14.9. The number of hydrogen-bond acceptors (Lipinski definition) is 5. The second-order valence-corrected chi connectivity index (χ2v) is 11.3. The van der Waals surface area contributed by atoms with Gasteiger partial charge in [0.15, 0.2) is 0 Å². The van der Waals surface area contributed by atoms with Gasteiger partial charge in [-0.15, -0.1) is 0 Å². The molecule has 0 radical (unpaired) electrons. The Kier molecular flexibility index (Phi) is 10.7. The second-order valence-electron chi connectivity index (χ2n) is 10.9. The third kappa shape index (κ3) is 8.52. The summed E-state index contributed by atoms with van der Waals surface area (Å²) in [7, 11) is 0. The number of rotatable bonds is 14. The SMILES string of the molecule is CCCC(NCCCN=C(C)N)c1ccc(-n2cc3cc(-c4cc(Cl)cc(CCCC(C)N)c4)[nH]c3nc2=O)cc1. The maximum Gasteiger partial charge on any atom is 0.354 e. The van der Waals surface area contributed by atoms with Crippen LogP contribution < -0.4 is 22.5 Å². The summed E-state index contributed by atoms with van der Waals surface area (Å²) in [5, 5.41) is 5.17. The minimum atomic E-state index is -0.333. The number of aromatic amines is 1. The predicted octanol–water partition coefficient (Wildman–Crippen LogP) is 5.90. The van der Waals surface area contributed by atoms with Gasteiger partial charge in [0.1, 0.15) is 5.65 Å². The van der Waals surface area contributed by atoms with Crippen LogP contribution in [0.1, 0.15) is 70.0 Å². The van der Waals surface area contributed by atoms with E-state index in [1.807, 2.05) is 50.4 Å². The molecular formula is C32H42ClN7O. The lowest BCUT2D eigenvalue weighted by Gasteiger charge is -2.19. The number of benzene rings is 2. The Morgan fingerprint density at radius 3 is 2.63 bits per heavy atom. The maximum atomic E-state index is 13.0. The van der Waals surface area contributed by atoms with Crippen molar-refractivity contribution in [1.82, 2.24) is 19.9 Å². The van der Waals surface area contributed by atoms with Crippen LogP contribution in [0.15, 0.2) is 64.5 Å². The van der Waals surface area contributed by atoms with Crippen LogP contribution >= 0.6 is 11.6 Å². The van der Waals surface area contributed by atoms with E-state index in [9.17, 15) is 4.79 Å². The Bertz CT molecular complexity index is 1520. The Morgan fingerprint density at radius 2 is 1.93 bits per heavy atom. The summed E-state index contributed by atoms with van der Waals surface area (Å²) < 4.78 is 1.59. The largest absolute Gasteiger partial charge is 0.388 e. The molecule has 0 saturated carbocycles. The number of halogens is 1. The molecule has 0 aliphatic carbocycles. The molecule has 0 amide bonds. The fraction of sp³-hybridized carbons (Fsp3) is 0.406. The van der Waals surface area contributed by atoms with Crippen LogP contribution in [-0.2, 0) is 6.42 Å². The molecule has 8 nitrogen and oxygen atoms in total. The van der Waals surface area contributed by atoms with Crippen molar-refractivity contribution in [2.45, 2.75) is 71.4 Å². The quantitative estimate of drug-likeness (QED) is 0.0845.